The lowest BCUT2D eigenvalue weighted by Gasteiger charge is -2.30. The van der Waals surface area contributed by atoms with Crippen LogP contribution in [0.5, 0.6) is 0 Å². The summed E-state index contributed by atoms with van der Waals surface area (Å²) in [5.74, 6) is 0.697. The molecule has 1 aromatic carbocycles. The van der Waals surface area contributed by atoms with Gasteiger partial charge in [0.2, 0.25) is 0 Å². The Morgan fingerprint density at radius 2 is 2.08 bits per heavy atom. The number of ketones is 1. The van der Waals surface area contributed by atoms with E-state index in [1.807, 2.05) is 12.1 Å². The van der Waals surface area contributed by atoms with Crippen LogP contribution in [0.4, 0.5) is 11.4 Å². The Balaban J connectivity index is 1.80. The number of carbonyl (C=O) groups excluding carboxylic acids is 1. The van der Waals surface area contributed by atoms with Crippen molar-refractivity contribution in [1.29, 1.82) is 0 Å². The summed E-state index contributed by atoms with van der Waals surface area (Å²) in [6, 6.07) is 8.49. The predicted octanol–water partition coefficient (Wildman–Crippen LogP) is 2.61. The van der Waals surface area contributed by atoms with Crippen LogP contribution in [-0.2, 0) is 0 Å². The highest BCUT2D eigenvalue weighted by Crippen LogP contribution is 2.26. The number of carbonyl (C=O) groups is 1. The fraction of sp³-hybridized carbons (Fsp3) is 0.421. The second-order valence-electron chi connectivity index (χ2n) is 6.71. The van der Waals surface area contributed by atoms with Gasteiger partial charge in [-0.3, -0.25) is 14.9 Å². The number of nitrogens with one attached hydrogen (secondary N) is 2. The normalized spacial score (nSPS) is 16.2. The Morgan fingerprint density at radius 3 is 2.69 bits per heavy atom. The first kappa shape index (κ1) is 18.1. The molecule has 138 valence electrons. The molecule has 0 saturated carbocycles. The molecule has 1 aliphatic rings. The van der Waals surface area contributed by atoms with Crippen LogP contribution in [-0.4, -0.2) is 30.3 Å². The molecule has 0 unspecified atom stereocenters. The zero-order valence-electron chi connectivity index (χ0n) is 14.9. The third-order valence-corrected chi connectivity index (χ3v) is 4.97. The van der Waals surface area contributed by atoms with Gasteiger partial charge in [0.1, 0.15) is 5.69 Å². The molecule has 2 heterocycles. The molecule has 1 fully saturated rings. The Kier molecular flexibility index (Phi) is 5.68. The van der Waals surface area contributed by atoms with Gasteiger partial charge < -0.3 is 14.6 Å². The Bertz CT molecular complexity index is 767. The minimum atomic E-state index is -0.454. The van der Waals surface area contributed by atoms with E-state index in [0.717, 1.165) is 18.8 Å². The quantitative estimate of drug-likeness (QED) is 0.451. The number of anilines is 1. The Labute approximate surface area is 152 Å². The first-order valence-electron chi connectivity index (χ1n) is 8.97. The number of nitro benzene ring substituents is 1. The topological polar surface area (TPSA) is 89.8 Å². The van der Waals surface area contributed by atoms with Crippen LogP contribution < -0.4 is 10.2 Å². The largest absolute Gasteiger partial charge is 0.463 e. The van der Waals surface area contributed by atoms with Crippen molar-refractivity contribution in [3.63, 3.8) is 0 Å². The van der Waals surface area contributed by atoms with Crippen LogP contribution in [0.1, 0.15) is 48.3 Å². The zero-order chi connectivity index (χ0) is 18.5. The van der Waals surface area contributed by atoms with E-state index in [4.69, 9.17) is 4.42 Å². The van der Waals surface area contributed by atoms with E-state index in [1.165, 1.54) is 37.2 Å². The van der Waals surface area contributed by atoms with Crippen molar-refractivity contribution in [2.75, 3.05) is 25.0 Å². The summed E-state index contributed by atoms with van der Waals surface area (Å²) in [5.41, 5.74) is 0.684. The third-order valence-electron chi connectivity index (χ3n) is 4.97. The van der Waals surface area contributed by atoms with Crippen LogP contribution in [0.25, 0.3) is 0 Å². The molecule has 0 amide bonds. The fourth-order valence-corrected chi connectivity index (χ4v) is 3.55. The molecular formula is C19H24N3O4+. The molecule has 1 aliphatic heterocycles. The molecule has 2 N–H and O–H groups in total. The first-order valence-corrected chi connectivity index (χ1v) is 8.97. The van der Waals surface area contributed by atoms with E-state index in [9.17, 15) is 14.9 Å². The van der Waals surface area contributed by atoms with Crippen LogP contribution >= 0.6 is 0 Å². The van der Waals surface area contributed by atoms with Crippen molar-refractivity contribution in [2.24, 2.45) is 0 Å². The molecule has 3 rings (SSSR count). The van der Waals surface area contributed by atoms with Crippen LogP contribution in [0.2, 0.25) is 0 Å². The number of hydrogen-bond acceptors (Lipinski definition) is 5. The number of quaternary nitrogens is 1. The molecule has 0 radical (unpaired) electrons. The van der Waals surface area contributed by atoms with E-state index in [-0.39, 0.29) is 17.5 Å². The summed E-state index contributed by atoms with van der Waals surface area (Å²) in [7, 11) is 0. The van der Waals surface area contributed by atoms with E-state index in [1.54, 1.807) is 18.4 Å². The minimum Gasteiger partial charge on any atom is -0.463 e. The summed E-state index contributed by atoms with van der Waals surface area (Å²) in [6.45, 7) is 4.07. The average molecular weight is 358 g/mol. The molecule has 1 atom stereocenters. The van der Waals surface area contributed by atoms with Crippen LogP contribution in [0.15, 0.2) is 41.0 Å². The third kappa shape index (κ3) is 4.11. The molecule has 1 saturated heterocycles. The number of likely N-dealkylation sites (tertiary alicyclic amines) is 1. The molecule has 2 aromatic rings. The lowest BCUT2D eigenvalue weighted by molar-refractivity contribution is -0.935. The van der Waals surface area contributed by atoms with E-state index >= 15 is 0 Å². The van der Waals surface area contributed by atoms with Gasteiger partial charge in [0.05, 0.1) is 30.8 Å². The number of furan rings is 1. The Hall–Kier alpha value is -2.67. The highest BCUT2D eigenvalue weighted by molar-refractivity contribution is 5.95. The lowest BCUT2D eigenvalue weighted by atomic mass is 10.1. The molecule has 0 aliphatic carbocycles. The van der Waals surface area contributed by atoms with E-state index < -0.39 is 4.92 Å². The summed E-state index contributed by atoms with van der Waals surface area (Å²) in [5, 5.41) is 14.6. The van der Waals surface area contributed by atoms with Gasteiger partial charge in [-0.15, -0.1) is 0 Å². The van der Waals surface area contributed by atoms with Crippen molar-refractivity contribution < 1.29 is 19.0 Å². The first-order chi connectivity index (χ1) is 12.6. The van der Waals surface area contributed by atoms with Gasteiger partial charge in [0.25, 0.3) is 5.69 Å². The molecule has 0 bridgehead atoms. The molecule has 0 spiro atoms. The van der Waals surface area contributed by atoms with Crippen molar-refractivity contribution in [2.45, 2.75) is 32.2 Å². The molecule has 26 heavy (non-hydrogen) atoms. The van der Waals surface area contributed by atoms with Crippen LogP contribution in [0.3, 0.4) is 0 Å². The number of benzene rings is 1. The van der Waals surface area contributed by atoms with Crippen molar-refractivity contribution in [3.05, 3.63) is 58.0 Å². The van der Waals surface area contributed by atoms with Gasteiger partial charge in [-0.05, 0) is 50.5 Å². The monoisotopic (exact) mass is 358 g/mol. The number of rotatable bonds is 7. The molecular weight excluding hydrogens is 334 g/mol. The maximum atomic E-state index is 11.5. The summed E-state index contributed by atoms with van der Waals surface area (Å²) in [4.78, 5) is 23.9. The van der Waals surface area contributed by atoms with Gasteiger partial charge >= 0.3 is 0 Å². The number of piperidine rings is 1. The minimum absolute atomic E-state index is 0.0791. The van der Waals surface area contributed by atoms with Gasteiger partial charge in [0.15, 0.2) is 17.6 Å². The highest BCUT2D eigenvalue weighted by atomic mass is 16.6. The number of nitro groups is 1. The standard InChI is InChI=1S/C19H23N3O4/c1-14(23)15-7-8-16(17(12-15)22(24)25)20-13-18(19-6-5-11-26-19)21-9-3-2-4-10-21/h5-8,11-12,18,20H,2-4,9-10,13H2,1H3/p+1/t18-/m0/s1. The van der Waals surface area contributed by atoms with E-state index in [2.05, 4.69) is 5.32 Å². The fourth-order valence-electron chi connectivity index (χ4n) is 3.55. The molecule has 7 nitrogen and oxygen atoms in total. The van der Waals surface area contributed by atoms with Gasteiger partial charge in [-0.1, -0.05) is 0 Å². The maximum Gasteiger partial charge on any atom is 0.293 e. The smallest absolute Gasteiger partial charge is 0.293 e. The van der Waals surface area contributed by atoms with Crippen molar-refractivity contribution in [1.82, 2.24) is 0 Å². The molecule has 7 heteroatoms. The SMILES string of the molecule is CC(=O)c1ccc(NC[C@@H](c2ccco2)[NH+]2CCCCC2)c([N+](=O)[O-])c1. The second kappa shape index (κ2) is 8.14. The van der Waals surface area contributed by atoms with Crippen molar-refractivity contribution in [3.8, 4) is 0 Å². The van der Waals surface area contributed by atoms with Crippen LogP contribution in [0, 0.1) is 10.1 Å². The highest BCUT2D eigenvalue weighted by Gasteiger charge is 2.29. The summed E-state index contributed by atoms with van der Waals surface area (Å²) >= 11 is 0. The number of nitrogens with zero attached hydrogens (tertiary/aromatic N) is 1. The average Bonchev–Trinajstić information content (AvgIpc) is 3.17. The zero-order valence-corrected chi connectivity index (χ0v) is 14.9. The van der Waals surface area contributed by atoms with E-state index in [0.29, 0.717) is 17.8 Å². The second-order valence-corrected chi connectivity index (χ2v) is 6.71. The maximum absolute atomic E-state index is 11.5. The van der Waals surface area contributed by atoms with Gasteiger partial charge in [-0.25, -0.2) is 0 Å². The summed E-state index contributed by atoms with van der Waals surface area (Å²) in [6.07, 6.45) is 5.27. The van der Waals surface area contributed by atoms with Crippen molar-refractivity contribution >= 4 is 17.2 Å². The predicted molar refractivity (Wildman–Crippen MR) is 97.6 cm³/mol. The van der Waals surface area contributed by atoms with Gasteiger partial charge in [0, 0.05) is 11.6 Å². The molecule has 1 aromatic heterocycles. The summed E-state index contributed by atoms with van der Waals surface area (Å²) < 4.78 is 5.63. The lowest BCUT2D eigenvalue weighted by Crippen LogP contribution is -3.13. The number of Topliss-reactive ketones (excluding diaryl/α,β-unsaturated/α-hetero) is 1. The van der Waals surface area contributed by atoms with Gasteiger partial charge in [-0.2, -0.15) is 0 Å². The Morgan fingerprint density at radius 1 is 1.31 bits per heavy atom. The number of hydrogen-bond donors (Lipinski definition) is 2.